The molecule has 0 aromatic carbocycles. The monoisotopic (exact) mass is 289 g/mol. The normalized spacial score (nSPS) is 21.9. The molecule has 1 aliphatic carbocycles. The molecule has 0 spiro atoms. The number of fused-ring (bicyclic) bond motifs is 1. The Kier molecular flexibility index (Phi) is 4.43. The topological polar surface area (TPSA) is 38.2 Å². The molecule has 3 rings (SSSR count). The van der Waals surface area contributed by atoms with Gasteiger partial charge in [0.25, 0.3) is 0 Å². The number of ether oxygens (including phenoxy) is 1. The highest BCUT2D eigenvalue weighted by Gasteiger charge is 2.28. The fourth-order valence-corrected chi connectivity index (χ4v) is 3.34. The van der Waals surface area contributed by atoms with E-state index in [1.807, 2.05) is 6.92 Å². The molecule has 21 heavy (non-hydrogen) atoms. The Bertz CT molecular complexity index is 501. The predicted octanol–water partition coefficient (Wildman–Crippen LogP) is 2.92. The predicted molar refractivity (Wildman–Crippen MR) is 84.8 cm³/mol. The second kappa shape index (κ2) is 6.30. The third-order valence-electron chi connectivity index (χ3n) is 4.38. The van der Waals surface area contributed by atoms with Gasteiger partial charge >= 0.3 is 0 Å². The lowest BCUT2D eigenvalue weighted by Crippen LogP contribution is -2.27. The molecule has 0 N–H and O–H groups in total. The first-order chi connectivity index (χ1) is 10.1. The van der Waals surface area contributed by atoms with Gasteiger partial charge in [-0.15, -0.1) is 0 Å². The zero-order valence-electron chi connectivity index (χ0n) is 13.6. The maximum Gasteiger partial charge on any atom is 0.135 e. The van der Waals surface area contributed by atoms with Crippen molar-refractivity contribution in [1.82, 2.24) is 9.97 Å². The number of aromatic nitrogens is 2. The molecule has 0 radical (unpaired) electrons. The lowest BCUT2D eigenvalue weighted by Gasteiger charge is -2.25. The van der Waals surface area contributed by atoms with Crippen LogP contribution < -0.4 is 4.90 Å². The Morgan fingerprint density at radius 3 is 2.86 bits per heavy atom. The van der Waals surface area contributed by atoms with Gasteiger partial charge in [-0.2, -0.15) is 0 Å². The molecule has 2 aliphatic rings. The highest BCUT2D eigenvalue weighted by molar-refractivity contribution is 5.51. The summed E-state index contributed by atoms with van der Waals surface area (Å²) in [5.74, 6) is 2.71. The number of rotatable bonds is 4. The molecular weight excluding hydrogens is 262 g/mol. The molecule has 1 aromatic heterocycles. The van der Waals surface area contributed by atoms with Crippen molar-refractivity contribution in [2.45, 2.75) is 59.0 Å². The van der Waals surface area contributed by atoms with Crippen LogP contribution in [-0.4, -0.2) is 35.8 Å². The third-order valence-corrected chi connectivity index (χ3v) is 4.38. The third kappa shape index (κ3) is 3.37. The Labute approximate surface area is 127 Å². The van der Waals surface area contributed by atoms with Crippen LogP contribution in [0.5, 0.6) is 0 Å². The smallest absolute Gasteiger partial charge is 0.135 e. The molecule has 1 fully saturated rings. The largest absolute Gasteiger partial charge is 0.376 e. The molecule has 2 heterocycles. The molecule has 0 saturated carbocycles. The van der Waals surface area contributed by atoms with E-state index in [1.54, 1.807) is 0 Å². The number of anilines is 1. The first-order valence-electron chi connectivity index (χ1n) is 8.36. The van der Waals surface area contributed by atoms with Crippen molar-refractivity contribution in [2.24, 2.45) is 5.92 Å². The minimum atomic E-state index is 0.363. The van der Waals surface area contributed by atoms with Crippen LogP contribution in [0.2, 0.25) is 0 Å². The van der Waals surface area contributed by atoms with Gasteiger partial charge in [0.2, 0.25) is 0 Å². The van der Waals surface area contributed by atoms with E-state index in [0.29, 0.717) is 12.0 Å². The van der Waals surface area contributed by atoms with Crippen molar-refractivity contribution in [3.8, 4) is 0 Å². The molecule has 1 aromatic rings. The minimum absolute atomic E-state index is 0.363. The lowest BCUT2D eigenvalue weighted by atomic mass is 9.96. The van der Waals surface area contributed by atoms with E-state index < -0.39 is 0 Å². The van der Waals surface area contributed by atoms with Gasteiger partial charge in [0.05, 0.1) is 6.10 Å². The van der Waals surface area contributed by atoms with Crippen molar-refractivity contribution >= 4 is 5.82 Å². The van der Waals surface area contributed by atoms with Crippen molar-refractivity contribution in [3.05, 3.63) is 17.1 Å². The van der Waals surface area contributed by atoms with Gasteiger partial charge in [-0.1, -0.05) is 13.8 Å². The van der Waals surface area contributed by atoms with E-state index in [0.717, 1.165) is 44.8 Å². The van der Waals surface area contributed by atoms with Gasteiger partial charge in [0.15, 0.2) is 0 Å². The summed E-state index contributed by atoms with van der Waals surface area (Å²) >= 11 is 0. The highest BCUT2D eigenvalue weighted by atomic mass is 16.5. The zero-order chi connectivity index (χ0) is 14.8. The number of nitrogens with zero attached hydrogens (tertiary/aromatic N) is 3. The molecule has 1 atom stereocenters. The molecular formula is C17H27N3O. The average molecular weight is 289 g/mol. The highest BCUT2D eigenvalue weighted by Crippen LogP contribution is 2.30. The summed E-state index contributed by atoms with van der Waals surface area (Å²) < 4.78 is 6.01. The number of hydrogen-bond donors (Lipinski definition) is 0. The summed E-state index contributed by atoms with van der Waals surface area (Å²) in [5.41, 5.74) is 2.69. The van der Waals surface area contributed by atoms with Crippen molar-refractivity contribution in [1.29, 1.82) is 0 Å². The van der Waals surface area contributed by atoms with Gasteiger partial charge in [0, 0.05) is 31.0 Å². The molecule has 1 unspecified atom stereocenters. The van der Waals surface area contributed by atoms with Crippen LogP contribution in [0, 0.1) is 12.8 Å². The maximum atomic E-state index is 6.01. The summed E-state index contributed by atoms with van der Waals surface area (Å²) in [4.78, 5) is 11.8. The fraction of sp³-hybridized carbons (Fsp3) is 0.765. The van der Waals surface area contributed by atoms with E-state index in [-0.39, 0.29) is 0 Å². The van der Waals surface area contributed by atoms with Crippen molar-refractivity contribution in [3.63, 3.8) is 0 Å². The standard InChI is InChI=1S/C17H27N3O/c1-12(2)11-21-14-8-9-20(10-14)17-15-6-4-5-7-16(15)18-13(3)19-17/h12,14H,4-11H2,1-3H3. The molecule has 0 bridgehead atoms. The van der Waals surface area contributed by atoms with Gasteiger partial charge in [0.1, 0.15) is 11.6 Å². The zero-order valence-corrected chi connectivity index (χ0v) is 13.6. The summed E-state index contributed by atoms with van der Waals surface area (Å²) in [6.45, 7) is 9.33. The summed E-state index contributed by atoms with van der Waals surface area (Å²) in [6.07, 6.45) is 6.27. The Hall–Kier alpha value is -1.16. The first-order valence-corrected chi connectivity index (χ1v) is 8.36. The molecule has 0 amide bonds. The van der Waals surface area contributed by atoms with E-state index in [9.17, 15) is 0 Å². The SMILES string of the molecule is Cc1nc2c(c(N3CCC(OCC(C)C)C3)n1)CCCC2. The molecule has 4 heteroatoms. The Morgan fingerprint density at radius 1 is 1.24 bits per heavy atom. The second-order valence-corrected chi connectivity index (χ2v) is 6.81. The Balaban J connectivity index is 1.74. The van der Waals surface area contributed by atoms with E-state index in [1.165, 1.54) is 29.9 Å². The van der Waals surface area contributed by atoms with Crippen LogP contribution in [0.25, 0.3) is 0 Å². The van der Waals surface area contributed by atoms with Crippen LogP contribution >= 0.6 is 0 Å². The molecule has 1 saturated heterocycles. The number of aryl methyl sites for hydroxylation is 2. The van der Waals surface area contributed by atoms with E-state index in [4.69, 9.17) is 9.72 Å². The van der Waals surface area contributed by atoms with Crippen LogP contribution in [0.1, 0.15) is 50.2 Å². The van der Waals surface area contributed by atoms with E-state index >= 15 is 0 Å². The van der Waals surface area contributed by atoms with Gasteiger partial charge in [-0.25, -0.2) is 9.97 Å². The minimum Gasteiger partial charge on any atom is -0.376 e. The average Bonchev–Trinajstić information content (AvgIpc) is 2.93. The van der Waals surface area contributed by atoms with Gasteiger partial charge in [-0.3, -0.25) is 0 Å². The summed E-state index contributed by atoms with van der Waals surface area (Å²) in [7, 11) is 0. The van der Waals surface area contributed by atoms with Crippen LogP contribution in [0.3, 0.4) is 0 Å². The molecule has 1 aliphatic heterocycles. The van der Waals surface area contributed by atoms with Crippen molar-refractivity contribution < 1.29 is 4.74 Å². The molecule has 4 nitrogen and oxygen atoms in total. The quantitative estimate of drug-likeness (QED) is 0.854. The van der Waals surface area contributed by atoms with Gasteiger partial charge in [-0.05, 0) is 44.9 Å². The van der Waals surface area contributed by atoms with Crippen LogP contribution in [-0.2, 0) is 17.6 Å². The summed E-state index contributed by atoms with van der Waals surface area (Å²) in [5, 5.41) is 0. The van der Waals surface area contributed by atoms with Crippen LogP contribution in [0.4, 0.5) is 5.82 Å². The number of hydrogen-bond acceptors (Lipinski definition) is 4. The first kappa shape index (κ1) is 14.8. The lowest BCUT2D eigenvalue weighted by molar-refractivity contribution is 0.0497. The molecule has 116 valence electrons. The summed E-state index contributed by atoms with van der Waals surface area (Å²) in [6, 6.07) is 0. The maximum absolute atomic E-state index is 6.01. The van der Waals surface area contributed by atoms with Gasteiger partial charge < -0.3 is 9.64 Å². The Morgan fingerprint density at radius 2 is 2.05 bits per heavy atom. The van der Waals surface area contributed by atoms with Crippen molar-refractivity contribution in [2.75, 3.05) is 24.6 Å². The fourth-order valence-electron chi connectivity index (χ4n) is 3.34. The van der Waals surface area contributed by atoms with E-state index in [2.05, 4.69) is 23.7 Å². The second-order valence-electron chi connectivity index (χ2n) is 6.81. The van der Waals surface area contributed by atoms with Crippen LogP contribution in [0.15, 0.2) is 0 Å².